The van der Waals surface area contributed by atoms with Crippen LogP contribution < -0.4 is 4.74 Å². The Morgan fingerprint density at radius 1 is 1.04 bits per heavy atom. The van der Waals surface area contributed by atoms with Gasteiger partial charge in [0.1, 0.15) is 18.2 Å². The zero-order chi connectivity index (χ0) is 32.7. The third-order valence-electron chi connectivity index (χ3n) is 8.11. The van der Waals surface area contributed by atoms with E-state index in [0.29, 0.717) is 28.8 Å². The van der Waals surface area contributed by atoms with Gasteiger partial charge in [-0.05, 0) is 54.1 Å². The van der Waals surface area contributed by atoms with Gasteiger partial charge in [-0.1, -0.05) is 26.0 Å². The number of hydrogen-bond acceptors (Lipinski definition) is 6. The Morgan fingerprint density at radius 2 is 1.80 bits per heavy atom. The number of ether oxygens (including phenoxy) is 2. The minimum Gasteiger partial charge on any atom is -0.478 e. The number of nitrogens with zero attached hydrogens (tertiary/aromatic N) is 4. The summed E-state index contributed by atoms with van der Waals surface area (Å²) in [5.74, 6) is -6.25. The normalized spacial score (nSPS) is 15.6. The molecule has 0 saturated carbocycles. The van der Waals surface area contributed by atoms with Crippen LogP contribution in [0.1, 0.15) is 52.8 Å². The van der Waals surface area contributed by atoms with E-state index in [0.717, 1.165) is 18.2 Å². The Morgan fingerprint density at radius 3 is 2.48 bits per heavy atom. The van der Waals surface area contributed by atoms with Gasteiger partial charge in [-0.2, -0.15) is 5.26 Å². The third kappa shape index (κ3) is 5.65. The molecular formula is C34H26F4N4O4. The minimum absolute atomic E-state index is 0.0109. The highest BCUT2D eigenvalue weighted by Crippen LogP contribution is 2.41. The maximum absolute atomic E-state index is 15.7. The first-order valence-corrected chi connectivity index (χ1v) is 14.2. The lowest BCUT2D eigenvalue weighted by Gasteiger charge is -2.28. The molecule has 0 amide bonds. The largest absolute Gasteiger partial charge is 0.478 e. The summed E-state index contributed by atoms with van der Waals surface area (Å²) in [6, 6.07) is 15.2. The van der Waals surface area contributed by atoms with Crippen LogP contribution in [0.4, 0.5) is 17.6 Å². The molecule has 3 heterocycles. The summed E-state index contributed by atoms with van der Waals surface area (Å²) in [5.41, 5.74) is 0.0921. The van der Waals surface area contributed by atoms with Gasteiger partial charge in [0.25, 0.3) is 5.88 Å². The maximum Gasteiger partial charge on any atom is 0.335 e. The van der Waals surface area contributed by atoms with Gasteiger partial charge >= 0.3 is 5.97 Å². The van der Waals surface area contributed by atoms with Crippen molar-refractivity contribution in [3.63, 3.8) is 0 Å². The van der Waals surface area contributed by atoms with Gasteiger partial charge in [0.05, 0.1) is 53.2 Å². The fourth-order valence-corrected chi connectivity index (χ4v) is 5.57. The quantitative estimate of drug-likeness (QED) is 0.145. The predicted molar refractivity (Wildman–Crippen MR) is 158 cm³/mol. The predicted octanol–water partition coefficient (Wildman–Crippen LogP) is 6.99. The van der Waals surface area contributed by atoms with Crippen LogP contribution in [0, 0.1) is 40.0 Å². The highest BCUT2D eigenvalue weighted by molar-refractivity contribution is 5.92. The van der Waals surface area contributed by atoms with E-state index in [1.54, 1.807) is 28.8 Å². The van der Waals surface area contributed by atoms with E-state index in [-0.39, 0.29) is 36.3 Å². The number of carbonyl (C=O) groups is 1. The summed E-state index contributed by atoms with van der Waals surface area (Å²) >= 11 is 0. The van der Waals surface area contributed by atoms with Crippen molar-refractivity contribution in [1.82, 2.24) is 14.5 Å². The number of aromatic carboxylic acids is 1. The summed E-state index contributed by atoms with van der Waals surface area (Å²) in [7, 11) is 0. The van der Waals surface area contributed by atoms with E-state index in [2.05, 4.69) is 9.97 Å². The summed E-state index contributed by atoms with van der Waals surface area (Å²) in [6.45, 7) is 4.43. The molecule has 2 aromatic heterocycles. The van der Waals surface area contributed by atoms with Crippen LogP contribution in [-0.2, 0) is 17.8 Å². The highest BCUT2D eigenvalue weighted by atomic mass is 19.2. The van der Waals surface area contributed by atoms with Crippen LogP contribution >= 0.6 is 0 Å². The van der Waals surface area contributed by atoms with E-state index in [1.807, 2.05) is 19.9 Å². The molecule has 0 aliphatic carbocycles. The van der Waals surface area contributed by atoms with Gasteiger partial charge < -0.3 is 19.1 Å². The van der Waals surface area contributed by atoms with Gasteiger partial charge in [0.2, 0.25) is 0 Å². The highest BCUT2D eigenvalue weighted by Gasteiger charge is 2.39. The van der Waals surface area contributed by atoms with Crippen LogP contribution in [0.2, 0.25) is 0 Å². The number of benzene rings is 3. The number of carboxylic acids is 1. The van der Waals surface area contributed by atoms with Crippen molar-refractivity contribution in [2.24, 2.45) is 5.41 Å². The first-order chi connectivity index (χ1) is 22.0. The summed E-state index contributed by atoms with van der Waals surface area (Å²) in [4.78, 5) is 20.2. The molecule has 5 aromatic rings. The lowest BCUT2D eigenvalue weighted by molar-refractivity contribution is 0.0697. The second-order valence-corrected chi connectivity index (χ2v) is 11.7. The monoisotopic (exact) mass is 630 g/mol. The van der Waals surface area contributed by atoms with Crippen LogP contribution in [-0.4, -0.2) is 38.8 Å². The number of fused-ring (bicyclic) bond motifs is 1. The van der Waals surface area contributed by atoms with E-state index in [4.69, 9.17) is 14.7 Å². The Bertz CT molecular complexity index is 2040. The van der Waals surface area contributed by atoms with Gasteiger partial charge in [0.15, 0.2) is 17.5 Å². The van der Waals surface area contributed by atoms with Crippen molar-refractivity contribution < 1.29 is 36.9 Å². The third-order valence-corrected chi connectivity index (χ3v) is 8.11. The van der Waals surface area contributed by atoms with Crippen molar-refractivity contribution >= 4 is 17.0 Å². The van der Waals surface area contributed by atoms with Crippen LogP contribution in [0.25, 0.3) is 22.3 Å². The molecule has 12 heteroatoms. The molecule has 3 aromatic carbocycles. The summed E-state index contributed by atoms with van der Waals surface area (Å²) in [6.07, 6.45) is -0.450. The molecule has 46 heavy (non-hydrogen) atoms. The molecule has 1 aliphatic rings. The Labute approximate surface area is 260 Å². The second kappa shape index (κ2) is 11.9. The first kappa shape index (κ1) is 30.7. The van der Waals surface area contributed by atoms with Gasteiger partial charge in [0, 0.05) is 23.0 Å². The average Bonchev–Trinajstić information content (AvgIpc) is 3.57. The standard InChI is InChI=1S/C34H26F4N4O4/c1-34(2)17-45-16-28(34)42-27-11-20(33(43)44)7-9-26(27)40-29(42)13-21-24(36)12-22(31(38)30(21)37)25-10-8-23(35)32(41-25)46-15-19-5-3-18(14-39)4-6-19/h3-12,28H,13,15-17H2,1-2H3,(H,43,44)/t28-/m1/s1. The maximum atomic E-state index is 15.7. The number of nitriles is 1. The van der Waals surface area contributed by atoms with E-state index in [1.165, 1.54) is 18.2 Å². The molecule has 0 spiro atoms. The number of aromatic nitrogens is 3. The van der Waals surface area contributed by atoms with Gasteiger partial charge in [-0.25, -0.2) is 32.3 Å². The Balaban J connectivity index is 1.35. The molecule has 1 N–H and O–H groups in total. The minimum atomic E-state index is -1.46. The lowest BCUT2D eigenvalue weighted by Crippen LogP contribution is -2.27. The van der Waals surface area contributed by atoms with Crippen molar-refractivity contribution in [1.29, 1.82) is 5.26 Å². The Kier molecular flexibility index (Phi) is 7.96. The average molecular weight is 631 g/mol. The molecule has 6 rings (SSSR count). The van der Waals surface area contributed by atoms with E-state index in [9.17, 15) is 14.3 Å². The van der Waals surface area contributed by atoms with E-state index < -0.39 is 58.1 Å². The first-order valence-electron chi connectivity index (χ1n) is 14.2. The molecule has 1 saturated heterocycles. The number of hydrogen-bond donors (Lipinski definition) is 1. The van der Waals surface area contributed by atoms with Crippen molar-refractivity contribution in [2.45, 2.75) is 32.9 Å². The number of pyridine rings is 1. The zero-order valence-electron chi connectivity index (χ0n) is 24.7. The molecule has 1 fully saturated rings. The van der Waals surface area contributed by atoms with Crippen molar-refractivity contribution in [2.75, 3.05) is 13.2 Å². The number of imidazole rings is 1. The van der Waals surface area contributed by atoms with Gasteiger partial charge in [-0.3, -0.25) is 0 Å². The lowest BCUT2D eigenvalue weighted by atomic mass is 9.87. The van der Waals surface area contributed by atoms with E-state index >= 15 is 13.2 Å². The molecule has 0 radical (unpaired) electrons. The van der Waals surface area contributed by atoms with Crippen molar-refractivity contribution in [3.05, 3.63) is 112 Å². The molecule has 234 valence electrons. The fraction of sp³-hybridized carbons (Fsp3) is 0.235. The Hall–Kier alpha value is -5.28. The molecule has 0 bridgehead atoms. The molecule has 1 atom stereocenters. The SMILES string of the molecule is CC1(C)COC[C@H]1n1c(Cc2c(F)cc(-c3ccc(F)c(OCc4ccc(C#N)cc4)n3)c(F)c2F)nc2ccc(C(=O)O)cc21. The molecular weight excluding hydrogens is 604 g/mol. The smallest absolute Gasteiger partial charge is 0.335 e. The van der Waals surface area contributed by atoms with Crippen LogP contribution in [0.15, 0.2) is 60.7 Å². The number of rotatable bonds is 8. The molecule has 1 aliphatic heterocycles. The summed E-state index contributed by atoms with van der Waals surface area (Å²) < 4.78 is 74.3. The zero-order valence-corrected chi connectivity index (χ0v) is 24.7. The molecule has 0 unspecified atom stereocenters. The van der Waals surface area contributed by atoms with Crippen LogP contribution in [0.3, 0.4) is 0 Å². The van der Waals surface area contributed by atoms with Crippen LogP contribution in [0.5, 0.6) is 5.88 Å². The van der Waals surface area contributed by atoms with Gasteiger partial charge in [-0.15, -0.1) is 0 Å². The molecule has 8 nitrogen and oxygen atoms in total. The van der Waals surface area contributed by atoms with Crippen molar-refractivity contribution in [3.8, 4) is 23.2 Å². The topological polar surface area (TPSA) is 110 Å². The fourth-order valence-electron chi connectivity index (χ4n) is 5.57. The summed E-state index contributed by atoms with van der Waals surface area (Å²) in [5, 5.41) is 18.5. The number of halogens is 4. The number of carboxylic acid groups (broad SMARTS) is 1. The second-order valence-electron chi connectivity index (χ2n) is 11.7.